The number of carbonyl (C=O) groups is 1. The Morgan fingerprint density at radius 1 is 1.06 bits per heavy atom. The molecule has 0 bridgehead atoms. The summed E-state index contributed by atoms with van der Waals surface area (Å²) in [6.07, 6.45) is 4.50. The van der Waals surface area contributed by atoms with Gasteiger partial charge in [0.2, 0.25) is 0 Å². The number of nitrogens with zero attached hydrogens (tertiary/aromatic N) is 2. The van der Waals surface area contributed by atoms with Crippen molar-refractivity contribution in [1.29, 1.82) is 0 Å². The summed E-state index contributed by atoms with van der Waals surface area (Å²) in [4.78, 5) is 20.3. The Balaban J connectivity index is 1.67. The SMILES string of the molecule is CCOC(=O)CCCCCOc1cc2c(N[C@H](C)c3ccccc3)ncnc2cc1OC. The first-order valence-electron chi connectivity index (χ1n) is 11.0. The molecular weight excluding hydrogens is 406 g/mol. The molecule has 0 fully saturated rings. The van der Waals surface area contributed by atoms with Crippen LogP contribution >= 0.6 is 0 Å². The predicted octanol–water partition coefficient (Wildman–Crippen LogP) is 5.31. The largest absolute Gasteiger partial charge is 0.493 e. The fourth-order valence-corrected chi connectivity index (χ4v) is 3.44. The number of rotatable bonds is 12. The van der Waals surface area contributed by atoms with E-state index in [9.17, 15) is 4.79 Å². The van der Waals surface area contributed by atoms with E-state index in [1.165, 1.54) is 5.56 Å². The zero-order valence-electron chi connectivity index (χ0n) is 19.0. The van der Waals surface area contributed by atoms with Gasteiger partial charge >= 0.3 is 5.97 Å². The van der Waals surface area contributed by atoms with Crippen molar-refractivity contribution >= 4 is 22.7 Å². The predicted molar refractivity (Wildman–Crippen MR) is 125 cm³/mol. The number of esters is 1. The number of ether oxygens (including phenoxy) is 3. The first-order valence-corrected chi connectivity index (χ1v) is 11.0. The van der Waals surface area contributed by atoms with E-state index in [1.807, 2.05) is 37.3 Å². The van der Waals surface area contributed by atoms with Crippen molar-refractivity contribution in [3.8, 4) is 11.5 Å². The van der Waals surface area contributed by atoms with Crippen LogP contribution in [0, 0.1) is 0 Å². The highest BCUT2D eigenvalue weighted by Gasteiger charge is 2.14. The van der Waals surface area contributed by atoms with Gasteiger partial charge in [-0.05, 0) is 44.7 Å². The van der Waals surface area contributed by atoms with Crippen LogP contribution in [0.1, 0.15) is 51.1 Å². The molecule has 0 aliphatic rings. The zero-order valence-corrected chi connectivity index (χ0v) is 19.0. The van der Waals surface area contributed by atoms with Gasteiger partial charge in [-0.25, -0.2) is 9.97 Å². The number of methoxy groups -OCH3 is 1. The van der Waals surface area contributed by atoms with Crippen LogP contribution in [-0.4, -0.2) is 36.3 Å². The topological polar surface area (TPSA) is 82.6 Å². The lowest BCUT2D eigenvalue weighted by Gasteiger charge is -2.17. The van der Waals surface area contributed by atoms with Crippen molar-refractivity contribution in [2.24, 2.45) is 0 Å². The first-order chi connectivity index (χ1) is 15.6. The van der Waals surface area contributed by atoms with E-state index in [2.05, 4.69) is 34.3 Å². The van der Waals surface area contributed by atoms with Gasteiger partial charge in [0.05, 0.1) is 25.8 Å². The molecule has 0 aliphatic heterocycles. The Labute approximate surface area is 189 Å². The molecule has 0 aliphatic carbocycles. The Morgan fingerprint density at radius 3 is 2.62 bits per heavy atom. The molecular formula is C25H31N3O4. The van der Waals surface area contributed by atoms with E-state index in [1.54, 1.807) is 13.4 Å². The number of aromatic nitrogens is 2. The number of benzene rings is 2. The van der Waals surface area contributed by atoms with Crippen LogP contribution in [0.25, 0.3) is 10.9 Å². The molecule has 7 nitrogen and oxygen atoms in total. The highest BCUT2D eigenvalue weighted by Crippen LogP contribution is 2.35. The van der Waals surface area contributed by atoms with Gasteiger partial charge in [0.1, 0.15) is 12.1 Å². The second-order valence-corrected chi connectivity index (χ2v) is 7.48. The maximum atomic E-state index is 11.4. The molecule has 0 saturated heterocycles. The highest BCUT2D eigenvalue weighted by molar-refractivity contribution is 5.91. The first kappa shape index (κ1) is 23.3. The van der Waals surface area contributed by atoms with Gasteiger partial charge in [-0.15, -0.1) is 0 Å². The molecule has 7 heteroatoms. The normalized spacial score (nSPS) is 11.7. The number of nitrogens with one attached hydrogen (secondary N) is 1. The van der Waals surface area contributed by atoms with Crippen LogP contribution in [0.5, 0.6) is 11.5 Å². The fraction of sp³-hybridized carbons (Fsp3) is 0.400. The van der Waals surface area contributed by atoms with Crippen LogP contribution in [0.15, 0.2) is 48.8 Å². The van der Waals surface area contributed by atoms with Gasteiger partial charge in [0.25, 0.3) is 0 Å². The van der Waals surface area contributed by atoms with Crippen molar-refractivity contribution in [2.45, 2.75) is 45.6 Å². The lowest BCUT2D eigenvalue weighted by Crippen LogP contribution is -2.09. The van der Waals surface area contributed by atoms with Crippen molar-refractivity contribution in [1.82, 2.24) is 9.97 Å². The monoisotopic (exact) mass is 437 g/mol. The number of unbranched alkanes of at least 4 members (excludes halogenated alkanes) is 2. The summed E-state index contributed by atoms with van der Waals surface area (Å²) < 4.78 is 16.5. The second kappa shape index (κ2) is 11.9. The summed E-state index contributed by atoms with van der Waals surface area (Å²) in [5, 5.41) is 4.35. The molecule has 1 heterocycles. The molecule has 1 atom stereocenters. The Hall–Kier alpha value is -3.35. The third kappa shape index (κ3) is 6.33. The highest BCUT2D eigenvalue weighted by atomic mass is 16.5. The molecule has 3 rings (SSSR count). The molecule has 1 aromatic heterocycles. The van der Waals surface area contributed by atoms with Gasteiger partial charge in [0, 0.05) is 23.9 Å². The summed E-state index contributed by atoms with van der Waals surface area (Å²) in [7, 11) is 1.62. The quantitative estimate of drug-likeness (QED) is 0.303. The van der Waals surface area contributed by atoms with E-state index in [4.69, 9.17) is 14.2 Å². The second-order valence-electron chi connectivity index (χ2n) is 7.48. The van der Waals surface area contributed by atoms with Gasteiger partial charge in [-0.1, -0.05) is 30.3 Å². The maximum absolute atomic E-state index is 11.4. The molecule has 0 amide bonds. The summed E-state index contributed by atoms with van der Waals surface area (Å²) >= 11 is 0. The van der Waals surface area contributed by atoms with E-state index in [-0.39, 0.29) is 12.0 Å². The van der Waals surface area contributed by atoms with E-state index in [0.29, 0.717) is 31.1 Å². The Morgan fingerprint density at radius 2 is 1.88 bits per heavy atom. The lowest BCUT2D eigenvalue weighted by molar-refractivity contribution is -0.143. The minimum absolute atomic E-state index is 0.0835. The molecule has 0 saturated carbocycles. The summed E-state index contributed by atoms with van der Waals surface area (Å²) in [5.74, 6) is 1.88. The molecule has 2 aromatic carbocycles. The fourth-order valence-electron chi connectivity index (χ4n) is 3.44. The summed E-state index contributed by atoms with van der Waals surface area (Å²) in [6.45, 7) is 4.87. The molecule has 3 aromatic rings. The van der Waals surface area contributed by atoms with E-state index >= 15 is 0 Å². The third-order valence-corrected chi connectivity index (χ3v) is 5.16. The molecule has 0 spiro atoms. The maximum Gasteiger partial charge on any atom is 0.305 e. The summed E-state index contributed by atoms with van der Waals surface area (Å²) in [6, 6.07) is 14.1. The van der Waals surface area contributed by atoms with Crippen LogP contribution in [0.4, 0.5) is 5.82 Å². The van der Waals surface area contributed by atoms with Crippen molar-refractivity contribution in [2.75, 3.05) is 25.6 Å². The number of hydrogen-bond acceptors (Lipinski definition) is 7. The van der Waals surface area contributed by atoms with Crippen LogP contribution in [-0.2, 0) is 9.53 Å². The van der Waals surface area contributed by atoms with Crippen LogP contribution in [0.2, 0.25) is 0 Å². The minimum atomic E-state index is -0.144. The number of anilines is 1. The average Bonchev–Trinajstić information content (AvgIpc) is 2.81. The van der Waals surface area contributed by atoms with Gasteiger partial charge < -0.3 is 19.5 Å². The van der Waals surface area contributed by atoms with Crippen molar-refractivity contribution < 1.29 is 19.0 Å². The van der Waals surface area contributed by atoms with E-state index in [0.717, 1.165) is 36.0 Å². The lowest BCUT2D eigenvalue weighted by atomic mass is 10.1. The Kier molecular flexibility index (Phi) is 8.66. The van der Waals surface area contributed by atoms with E-state index < -0.39 is 0 Å². The number of fused-ring (bicyclic) bond motifs is 1. The molecule has 0 radical (unpaired) electrons. The Bertz CT molecular complexity index is 1010. The molecule has 0 unspecified atom stereocenters. The standard InChI is InChI=1S/C25H31N3O4/c1-4-31-24(29)13-9-6-10-14-32-23-15-20-21(16-22(23)30-3)26-17-27-25(20)28-18(2)19-11-7-5-8-12-19/h5,7-8,11-12,15-18H,4,6,9-10,13-14H2,1-3H3,(H,26,27,28)/t18-/m1/s1. The van der Waals surface area contributed by atoms with Crippen LogP contribution in [0.3, 0.4) is 0 Å². The molecule has 170 valence electrons. The summed E-state index contributed by atoms with van der Waals surface area (Å²) in [5.41, 5.74) is 1.95. The van der Waals surface area contributed by atoms with Crippen molar-refractivity contribution in [3.05, 3.63) is 54.4 Å². The van der Waals surface area contributed by atoms with Gasteiger partial charge in [-0.2, -0.15) is 0 Å². The van der Waals surface area contributed by atoms with Crippen LogP contribution < -0.4 is 14.8 Å². The molecule has 32 heavy (non-hydrogen) atoms. The minimum Gasteiger partial charge on any atom is -0.493 e. The molecule has 1 N–H and O–H groups in total. The van der Waals surface area contributed by atoms with Gasteiger partial charge in [-0.3, -0.25) is 4.79 Å². The smallest absolute Gasteiger partial charge is 0.305 e. The average molecular weight is 438 g/mol. The van der Waals surface area contributed by atoms with Crippen molar-refractivity contribution in [3.63, 3.8) is 0 Å². The third-order valence-electron chi connectivity index (χ3n) is 5.16. The number of hydrogen-bond donors (Lipinski definition) is 1. The number of carbonyl (C=O) groups excluding carboxylic acids is 1. The zero-order chi connectivity index (χ0) is 22.8. The van der Waals surface area contributed by atoms with Gasteiger partial charge in [0.15, 0.2) is 11.5 Å².